The van der Waals surface area contributed by atoms with Crippen molar-refractivity contribution in [2.45, 2.75) is 50.9 Å². The van der Waals surface area contributed by atoms with E-state index in [0.29, 0.717) is 24.4 Å². The Morgan fingerprint density at radius 3 is 2.75 bits per heavy atom. The number of sulfonamides is 1. The van der Waals surface area contributed by atoms with Crippen LogP contribution in [0, 0.1) is 12.8 Å². The number of H-pyrrole nitrogens is 1. The van der Waals surface area contributed by atoms with Crippen LogP contribution >= 0.6 is 12.4 Å². The number of ketones is 1. The van der Waals surface area contributed by atoms with Crippen molar-refractivity contribution in [2.75, 3.05) is 17.5 Å². The van der Waals surface area contributed by atoms with Crippen LogP contribution in [-0.4, -0.2) is 55.3 Å². The summed E-state index contributed by atoms with van der Waals surface area (Å²) < 4.78 is 31.2. The highest BCUT2D eigenvalue weighted by Gasteiger charge is 2.37. The fraction of sp³-hybridized carbons (Fsp3) is 0.500. The predicted molar refractivity (Wildman–Crippen MR) is 125 cm³/mol. The Bertz CT molecular complexity index is 1070. The molecule has 2 aliphatic carbocycles. The van der Waals surface area contributed by atoms with Crippen LogP contribution in [0.1, 0.15) is 41.0 Å². The predicted octanol–water partition coefficient (Wildman–Crippen LogP) is 2.42. The van der Waals surface area contributed by atoms with Gasteiger partial charge in [0, 0.05) is 41.5 Å². The normalized spacial score (nSPS) is 25.2. The van der Waals surface area contributed by atoms with E-state index >= 15 is 0 Å². The third-order valence-electron chi connectivity index (χ3n) is 6.02. The summed E-state index contributed by atoms with van der Waals surface area (Å²) in [6.45, 7) is 2.49. The lowest BCUT2D eigenvalue weighted by molar-refractivity contribution is 0.0442. The summed E-state index contributed by atoms with van der Waals surface area (Å²) in [4.78, 5) is 16.0. The highest BCUT2D eigenvalue weighted by molar-refractivity contribution is 7.92. The number of aryl methyl sites for hydroxylation is 2. The molecule has 4 rings (SSSR count). The van der Waals surface area contributed by atoms with Gasteiger partial charge in [0.05, 0.1) is 11.9 Å². The molecule has 2 aromatic rings. The fourth-order valence-electron chi connectivity index (χ4n) is 4.54. The zero-order chi connectivity index (χ0) is 22.2. The standard InChI is InChI=1S/C22H29N3O5S.ClH/c1-13-10-17-18(24-13)7-6-14(21(17)26)12-23-19-8-9-20(22(19)27)30-16-5-3-4-15(11-16)25-31(2,28)29;/h3-5,10-11,14,19-20,22-25,27H,6-9,12H2,1-2H3;1H. The molecule has 176 valence electrons. The van der Waals surface area contributed by atoms with Gasteiger partial charge in [0.25, 0.3) is 0 Å². The first-order valence-corrected chi connectivity index (χ1v) is 12.5. The van der Waals surface area contributed by atoms with Gasteiger partial charge < -0.3 is 20.1 Å². The minimum atomic E-state index is -3.38. The van der Waals surface area contributed by atoms with Crippen molar-refractivity contribution < 1.29 is 23.1 Å². The summed E-state index contributed by atoms with van der Waals surface area (Å²) in [6, 6.07) is 8.45. The maximum atomic E-state index is 12.8. The number of hydrogen-bond donors (Lipinski definition) is 4. The van der Waals surface area contributed by atoms with Gasteiger partial charge in [0.15, 0.2) is 5.78 Å². The molecule has 0 amide bonds. The van der Waals surface area contributed by atoms with E-state index in [9.17, 15) is 18.3 Å². The Morgan fingerprint density at radius 2 is 2.00 bits per heavy atom. The van der Waals surface area contributed by atoms with Crippen molar-refractivity contribution in [3.05, 3.63) is 47.3 Å². The largest absolute Gasteiger partial charge is 0.488 e. The quantitative estimate of drug-likeness (QED) is 0.480. The Morgan fingerprint density at radius 1 is 1.22 bits per heavy atom. The second kappa shape index (κ2) is 9.82. The SMILES string of the molecule is Cc1cc2c([nH]1)CCC(CNC1CCC(Oc3cccc(NS(C)(=O)=O)c3)C1O)C2=O.Cl. The third-order valence-corrected chi connectivity index (χ3v) is 6.63. The molecule has 1 fully saturated rings. The van der Waals surface area contributed by atoms with E-state index < -0.39 is 22.2 Å². The van der Waals surface area contributed by atoms with Crippen LogP contribution in [0.15, 0.2) is 30.3 Å². The average molecular weight is 484 g/mol. The van der Waals surface area contributed by atoms with Gasteiger partial charge in [0.1, 0.15) is 18.0 Å². The van der Waals surface area contributed by atoms with Gasteiger partial charge in [-0.05, 0) is 50.8 Å². The summed E-state index contributed by atoms with van der Waals surface area (Å²) in [7, 11) is -3.38. The summed E-state index contributed by atoms with van der Waals surface area (Å²) in [6.07, 6.45) is 3.04. The number of hydrogen-bond acceptors (Lipinski definition) is 6. The summed E-state index contributed by atoms with van der Waals surface area (Å²) >= 11 is 0. The molecular weight excluding hydrogens is 454 g/mol. The van der Waals surface area contributed by atoms with Gasteiger partial charge in [-0.3, -0.25) is 9.52 Å². The Kier molecular flexibility index (Phi) is 7.54. The molecule has 0 bridgehead atoms. The summed E-state index contributed by atoms with van der Waals surface area (Å²) in [5, 5.41) is 14.1. The molecule has 2 aliphatic rings. The lowest BCUT2D eigenvalue weighted by atomic mass is 9.86. The topological polar surface area (TPSA) is 121 Å². The lowest BCUT2D eigenvalue weighted by Gasteiger charge is -2.25. The number of carbonyl (C=O) groups is 1. The highest BCUT2D eigenvalue weighted by Crippen LogP contribution is 2.29. The van der Waals surface area contributed by atoms with Crippen LogP contribution in [0.2, 0.25) is 0 Å². The third kappa shape index (κ3) is 5.64. The lowest BCUT2D eigenvalue weighted by Crippen LogP contribution is -2.44. The second-order valence-corrected chi connectivity index (χ2v) is 10.3. The average Bonchev–Trinajstić information content (AvgIpc) is 3.23. The van der Waals surface area contributed by atoms with Crippen molar-refractivity contribution in [3.63, 3.8) is 0 Å². The number of Topliss-reactive ketones (excluding diaryl/α,β-unsaturated/α-hetero) is 1. The molecular formula is C22H30ClN3O5S. The Balaban J connectivity index is 0.00000289. The van der Waals surface area contributed by atoms with E-state index in [4.69, 9.17) is 4.74 Å². The van der Waals surface area contributed by atoms with Crippen molar-refractivity contribution in [3.8, 4) is 5.75 Å². The monoisotopic (exact) mass is 483 g/mol. The number of aromatic nitrogens is 1. The van der Waals surface area contributed by atoms with E-state index in [2.05, 4.69) is 15.0 Å². The van der Waals surface area contributed by atoms with E-state index in [1.165, 1.54) is 0 Å². The van der Waals surface area contributed by atoms with Crippen LogP contribution in [0.3, 0.4) is 0 Å². The van der Waals surface area contributed by atoms with Gasteiger partial charge in [-0.25, -0.2) is 8.42 Å². The molecule has 1 aromatic heterocycles. The molecule has 1 saturated carbocycles. The van der Waals surface area contributed by atoms with E-state index in [1.807, 2.05) is 13.0 Å². The molecule has 0 radical (unpaired) electrons. The molecule has 32 heavy (non-hydrogen) atoms. The number of aliphatic hydroxyl groups excluding tert-OH is 1. The van der Waals surface area contributed by atoms with Crippen LogP contribution in [0.4, 0.5) is 5.69 Å². The molecule has 4 unspecified atom stereocenters. The molecule has 8 nitrogen and oxygen atoms in total. The van der Waals surface area contributed by atoms with E-state index in [0.717, 1.165) is 42.5 Å². The Labute approximate surface area is 194 Å². The van der Waals surface area contributed by atoms with Gasteiger partial charge in [0.2, 0.25) is 10.0 Å². The first-order valence-electron chi connectivity index (χ1n) is 10.6. The van der Waals surface area contributed by atoms with Crippen LogP contribution < -0.4 is 14.8 Å². The second-order valence-electron chi connectivity index (χ2n) is 8.59. The number of aliphatic hydroxyl groups is 1. The van der Waals surface area contributed by atoms with Gasteiger partial charge in [-0.2, -0.15) is 0 Å². The fourth-order valence-corrected chi connectivity index (χ4v) is 5.09. The number of rotatable bonds is 7. The number of benzene rings is 1. The summed E-state index contributed by atoms with van der Waals surface area (Å²) in [5.74, 6) is 0.568. The number of nitrogens with one attached hydrogen (secondary N) is 3. The number of halogens is 1. The molecule has 0 spiro atoms. The van der Waals surface area contributed by atoms with E-state index in [1.54, 1.807) is 24.3 Å². The highest BCUT2D eigenvalue weighted by atomic mass is 35.5. The number of ether oxygens (including phenoxy) is 1. The number of carbonyl (C=O) groups excluding carboxylic acids is 1. The Hall–Kier alpha value is -2.07. The molecule has 4 atom stereocenters. The van der Waals surface area contributed by atoms with Crippen molar-refractivity contribution in [1.82, 2.24) is 10.3 Å². The van der Waals surface area contributed by atoms with Crippen LogP contribution in [0.25, 0.3) is 0 Å². The smallest absolute Gasteiger partial charge is 0.229 e. The number of aromatic amines is 1. The minimum absolute atomic E-state index is 0. The zero-order valence-electron chi connectivity index (χ0n) is 18.1. The minimum Gasteiger partial charge on any atom is -0.488 e. The molecule has 1 heterocycles. The summed E-state index contributed by atoms with van der Waals surface area (Å²) in [5.41, 5.74) is 3.25. The first kappa shape index (κ1) is 24.6. The molecule has 10 heteroatoms. The zero-order valence-corrected chi connectivity index (χ0v) is 19.8. The number of anilines is 1. The van der Waals surface area contributed by atoms with Gasteiger partial charge in [-0.1, -0.05) is 6.07 Å². The van der Waals surface area contributed by atoms with Crippen molar-refractivity contribution in [1.29, 1.82) is 0 Å². The first-order chi connectivity index (χ1) is 14.7. The molecule has 1 aromatic carbocycles. The maximum absolute atomic E-state index is 12.8. The maximum Gasteiger partial charge on any atom is 0.229 e. The number of fused-ring (bicyclic) bond motifs is 1. The molecule has 4 N–H and O–H groups in total. The van der Waals surface area contributed by atoms with Crippen molar-refractivity contribution in [2.24, 2.45) is 5.92 Å². The van der Waals surface area contributed by atoms with Crippen LogP contribution in [-0.2, 0) is 16.4 Å². The van der Waals surface area contributed by atoms with Crippen LogP contribution in [0.5, 0.6) is 5.75 Å². The van der Waals surface area contributed by atoms with Gasteiger partial charge in [-0.15, -0.1) is 12.4 Å². The molecule has 0 saturated heterocycles. The van der Waals surface area contributed by atoms with E-state index in [-0.39, 0.29) is 30.2 Å². The molecule has 0 aliphatic heterocycles. The van der Waals surface area contributed by atoms with Gasteiger partial charge >= 0.3 is 0 Å². The van der Waals surface area contributed by atoms with Crippen molar-refractivity contribution >= 4 is 33.9 Å².